The highest BCUT2D eigenvalue weighted by Gasteiger charge is 2.11. The summed E-state index contributed by atoms with van der Waals surface area (Å²) in [6, 6.07) is 12.9. The Morgan fingerprint density at radius 2 is 1.65 bits per heavy atom. The van der Waals surface area contributed by atoms with Gasteiger partial charge in [-0.15, -0.1) is 4.36 Å². The molecule has 2 aromatic carbocycles. The van der Waals surface area contributed by atoms with Crippen LogP contribution in [0.15, 0.2) is 57.8 Å². The molecule has 2 rings (SSSR count). The zero-order chi connectivity index (χ0) is 14.8. The van der Waals surface area contributed by atoms with Gasteiger partial charge in [0.05, 0.1) is 4.90 Å². The Labute approximate surface area is 122 Å². The lowest BCUT2D eigenvalue weighted by Gasteiger charge is -2.04. The van der Waals surface area contributed by atoms with Crippen molar-refractivity contribution in [1.29, 1.82) is 0 Å². The summed E-state index contributed by atoms with van der Waals surface area (Å²) in [6.07, 6.45) is 0. The molecular formula is C14H13ClN2O2S. The molecule has 0 aliphatic heterocycles. The Morgan fingerprint density at radius 1 is 1.10 bits per heavy atom. The highest BCUT2D eigenvalue weighted by atomic mass is 35.5. The average Bonchev–Trinajstić information content (AvgIpc) is 2.39. The van der Waals surface area contributed by atoms with Gasteiger partial charge >= 0.3 is 0 Å². The molecule has 0 bridgehead atoms. The first-order valence-corrected chi connectivity index (χ1v) is 7.75. The molecule has 0 aromatic heterocycles. The minimum absolute atomic E-state index is 0.291. The van der Waals surface area contributed by atoms with Gasteiger partial charge in [0.15, 0.2) is 0 Å². The van der Waals surface area contributed by atoms with Crippen molar-refractivity contribution in [2.45, 2.75) is 11.8 Å². The van der Waals surface area contributed by atoms with E-state index in [0.29, 0.717) is 15.5 Å². The average molecular weight is 309 g/mol. The summed E-state index contributed by atoms with van der Waals surface area (Å²) in [4.78, 5) is 12.3. The molecule has 0 saturated carbocycles. The maximum Gasteiger partial charge on any atom is 0.286 e. The van der Waals surface area contributed by atoms with Gasteiger partial charge in [-0.2, -0.15) is 0 Å². The number of hydrogen-bond donors (Lipinski definition) is 1. The summed E-state index contributed by atoms with van der Waals surface area (Å²) >= 11 is 5.74. The first-order valence-electron chi connectivity index (χ1n) is 5.80. The van der Waals surface area contributed by atoms with Gasteiger partial charge in [0, 0.05) is 10.6 Å². The number of amides is 1. The van der Waals surface area contributed by atoms with Crippen molar-refractivity contribution in [2.24, 2.45) is 9.50 Å². The number of benzene rings is 2. The van der Waals surface area contributed by atoms with Crippen molar-refractivity contribution in [2.75, 3.05) is 0 Å². The van der Waals surface area contributed by atoms with E-state index in [1.165, 1.54) is 12.1 Å². The molecule has 6 heteroatoms. The molecule has 4 nitrogen and oxygen atoms in total. The maximum atomic E-state index is 12.3. The van der Waals surface area contributed by atoms with Crippen LogP contribution in [-0.2, 0) is 9.92 Å². The molecule has 0 heterocycles. The fourth-order valence-electron chi connectivity index (χ4n) is 1.55. The van der Waals surface area contributed by atoms with E-state index in [1.807, 2.05) is 6.92 Å². The van der Waals surface area contributed by atoms with Crippen LogP contribution in [0.1, 0.15) is 15.9 Å². The third-order valence-corrected chi connectivity index (χ3v) is 4.31. The standard InChI is InChI=1S/C14H13ClN2O2S/c1-10-2-8-13(9-3-10)20(16,19)17-14(18)11-4-6-12(15)7-5-11/h2-9H,1H3,(H2,16,17,18,19). The van der Waals surface area contributed by atoms with Crippen LogP contribution in [0.3, 0.4) is 0 Å². The van der Waals surface area contributed by atoms with Crippen molar-refractivity contribution >= 4 is 27.4 Å². The Morgan fingerprint density at radius 3 is 2.20 bits per heavy atom. The molecule has 0 aliphatic carbocycles. The topological polar surface area (TPSA) is 72.5 Å². The number of aryl methyl sites for hydroxylation is 1. The summed E-state index contributed by atoms with van der Waals surface area (Å²) in [5.74, 6) is -0.630. The fraction of sp³-hybridized carbons (Fsp3) is 0.0714. The molecule has 1 atom stereocenters. The van der Waals surface area contributed by atoms with Crippen molar-refractivity contribution in [3.05, 3.63) is 64.7 Å². The molecule has 104 valence electrons. The molecule has 2 N–H and O–H groups in total. The third kappa shape index (κ3) is 3.45. The quantitative estimate of drug-likeness (QED) is 0.925. The fourth-order valence-corrected chi connectivity index (χ4v) is 2.66. The number of rotatable bonds is 2. The number of nitrogens with two attached hydrogens (primary N) is 1. The lowest BCUT2D eigenvalue weighted by Crippen LogP contribution is -2.15. The van der Waals surface area contributed by atoms with Gasteiger partial charge in [-0.3, -0.25) is 4.79 Å². The van der Waals surface area contributed by atoms with Crippen molar-refractivity contribution < 1.29 is 9.00 Å². The lowest BCUT2D eigenvalue weighted by molar-refractivity contribution is 0.100. The summed E-state index contributed by atoms with van der Waals surface area (Å²) in [6.45, 7) is 1.90. The zero-order valence-corrected chi connectivity index (χ0v) is 12.3. The zero-order valence-electron chi connectivity index (χ0n) is 10.7. The van der Waals surface area contributed by atoms with Gasteiger partial charge in [0.25, 0.3) is 5.91 Å². The normalized spacial score (nSPS) is 13.6. The first-order chi connectivity index (χ1) is 9.38. The van der Waals surface area contributed by atoms with E-state index in [1.54, 1.807) is 36.4 Å². The smallest absolute Gasteiger partial charge is 0.266 e. The molecule has 0 radical (unpaired) electrons. The van der Waals surface area contributed by atoms with Crippen molar-refractivity contribution in [3.63, 3.8) is 0 Å². The van der Waals surface area contributed by atoms with E-state index in [9.17, 15) is 9.00 Å². The summed E-state index contributed by atoms with van der Waals surface area (Å²) in [5, 5.41) is 6.18. The predicted molar refractivity (Wildman–Crippen MR) is 80.0 cm³/mol. The van der Waals surface area contributed by atoms with Crippen LogP contribution in [0.5, 0.6) is 0 Å². The highest BCUT2D eigenvalue weighted by molar-refractivity contribution is 7.91. The van der Waals surface area contributed by atoms with Crippen LogP contribution in [0.2, 0.25) is 5.02 Å². The number of carbonyl (C=O) groups is 1. The molecular weight excluding hydrogens is 296 g/mol. The Kier molecular flexibility index (Phi) is 4.23. The largest absolute Gasteiger partial charge is 0.286 e. The second kappa shape index (κ2) is 5.75. The second-order valence-corrected chi connectivity index (χ2v) is 6.51. The molecule has 1 amide bonds. The summed E-state index contributed by atoms with van der Waals surface area (Å²) in [7, 11) is -3.24. The highest BCUT2D eigenvalue weighted by Crippen LogP contribution is 2.14. The third-order valence-electron chi connectivity index (χ3n) is 2.67. The number of carbonyl (C=O) groups excluding carboxylic acids is 1. The minimum atomic E-state index is -3.24. The Bertz CT molecular complexity index is 746. The van der Waals surface area contributed by atoms with Crippen molar-refractivity contribution in [3.8, 4) is 0 Å². The Balaban J connectivity index is 2.37. The molecule has 20 heavy (non-hydrogen) atoms. The second-order valence-electron chi connectivity index (χ2n) is 4.29. The first kappa shape index (κ1) is 14.7. The van der Waals surface area contributed by atoms with E-state index in [-0.39, 0.29) is 0 Å². The van der Waals surface area contributed by atoms with Crippen LogP contribution >= 0.6 is 11.6 Å². The van der Waals surface area contributed by atoms with Crippen LogP contribution < -0.4 is 5.14 Å². The number of nitrogens with zero attached hydrogens (tertiary/aromatic N) is 1. The van der Waals surface area contributed by atoms with Gasteiger partial charge in [-0.05, 0) is 43.3 Å². The number of hydrogen-bond acceptors (Lipinski definition) is 2. The van der Waals surface area contributed by atoms with Gasteiger partial charge in [0.2, 0.25) is 0 Å². The molecule has 0 fully saturated rings. The molecule has 0 aliphatic rings. The van der Waals surface area contributed by atoms with Gasteiger partial charge < -0.3 is 0 Å². The molecule has 0 saturated heterocycles. The van der Waals surface area contributed by atoms with Crippen LogP contribution in [-0.4, -0.2) is 10.1 Å². The summed E-state index contributed by atoms with van der Waals surface area (Å²) in [5.41, 5.74) is 1.30. The molecule has 1 unspecified atom stereocenters. The van der Waals surface area contributed by atoms with E-state index < -0.39 is 15.8 Å². The van der Waals surface area contributed by atoms with Gasteiger partial charge in [0.1, 0.15) is 9.92 Å². The van der Waals surface area contributed by atoms with E-state index in [2.05, 4.69) is 4.36 Å². The Hall–Kier alpha value is -1.69. The van der Waals surface area contributed by atoms with Gasteiger partial charge in [-0.1, -0.05) is 29.3 Å². The number of halogens is 1. The molecule has 0 spiro atoms. The maximum absolute atomic E-state index is 12.3. The van der Waals surface area contributed by atoms with Crippen molar-refractivity contribution in [1.82, 2.24) is 0 Å². The monoisotopic (exact) mass is 308 g/mol. The van der Waals surface area contributed by atoms with E-state index >= 15 is 0 Å². The van der Waals surface area contributed by atoms with Crippen LogP contribution in [0.25, 0.3) is 0 Å². The van der Waals surface area contributed by atoms with Crippen LogP contribution in [0.4, 0.5) is 0 Å². The molecule has 2 aromatic rings. The SMILES string of the molecule is Cc1ccc(S(N)(=O)=NC(=O)c2ccc(Cl)cc2)cc1. The van der Waals surface area contributed by atoms with E-state index in [0.717, 1.165) is 5.56 Å². The minimum Gasteiger partial charge on any atom is -0.266 e. The van der Waals surface area contributed by atoms with Crippen LogP contribution in [0, 0.1) is 6.92 Å². The predicted octanol–water partition coefficient (Wildman–Crippen LogP) is 3.19. The summed E-state index contributed by atoms with van der Waals surface area (Å²) < 4.78 is 15.9. The van der Waals surface area contributed by atoms with Gasteiger partial charge in [-0.25, -0.2) is 9.35 Å². The van der Waals surface area contributed by atoms with E-state index in [4.69, 9.17) is 16.7 Å². The lowest BCUT2D eigenvalue weighted by atomic mass is 10.2.